The Kier molecular flexibility index (Phi) is 4.82. The lowest BCUT2D eigenvalue weighted by Gasteiger charge is -2.15. The summed E-state index contributed by atoms with van der Waals surface area (Å²) >= 11 is 0. The molecule has 28 heavy (non-hydrogen) atoms. The minimum Gasteiger partial charge on any atom is -0.497 e. The number of benzene rings is 2. The summed E-state index contributed by atoms with van der Waals surface area (Å²) < 4.78 is 12.8. The number of rotatable bonds is 4. The van der Waals surface area contributed by atoms with E-state index >= 15 is 0 Å². The van der Waals surface area contributed by atoms with Crippen molar-refractivity contribution in [3.63, 3.8) is 0 Å². The maximum atomic E-state index is 12.7. The number of nitrogens with one attached hydrogen (secondary N) is 1. The Morgan fingerprint density at radius 1 is 1.14 bits per heavy atom. The minimum atomic E-state index is -0.433. The second-order valence-corrected chi connectivity index (χ2v) is 7.16. The van der Waals surface area contributed by atoms with Gasteiger partial charge in [0.15, 0.2) is 0 Å². The molecule has 0 bridgehead atoms. The number of hydrogen-bond acceptors (Lipinski definition) is 3. The number of amides is 1. The molecular weight excluding hydrogens is 352 g/mol. The van der Waals surface area contributed by atoms with Gasteiger partial charge in [0.25, 0.3) is 0 Å². The maximum absolute atomic E-state index is 12.7. The summed E-state index contributed by atoms with van der Waals surface area (Å²) in [5.74, 6) is 1.32. The van der Waals surface area contributed by atoms with Crippen LogP contribution in [0.25, 0.3) is 11.1 Å². The summed E-state index contributed by atoms with van der Waals surface area (Å²) in [7, 11) is 3.52. The number of methoxy groups -OCH3 is 1. The molecule has 3 aromatic rings. The molecule has 1 atom stereocenters. The van der Waals surface area contributed by atoms with E-state index in [0.29, 0.717) is 5.88 Å². The zero-order chi connectivity index (χ0) is 19.7. The maximum Gasteiger partial charge on any atom is 0.414 e. The number of carbonyl (C=O) groups is 1. The Bertz CT molecular complexity index is 1010. The number of nitrogens with zero attached hydrogens (tertiary/aromatic N) is 1. The third-order valence-electron chi connectivity index (χ3n) is 5.31. The van der Waals surface area contributed by atoms with Crippen LogP contribution in [-0.2, 0) is 13.5 Å². The van der Waals surface area contributed by atoms with E-state index in [0.717, 1.165) is 35.3 Å². The summed E-state index contributed by atoms with van der Waals surface area (Å²) in [6, 6.07) is 16.0. The average Bonchev–Trinajstić information content (AvgIpc) is 3.22. The summed E-state index contributed by atoms with van der Waals surface area (Å²) in [6.07, 6.45) is 3.40. The highest BCUT2D eigenvalue weighted by Crippen LogP contribution is 2.36. The Labute approximate surface area is 164 Å². The minimum absolute atomic E-state index is 0.00509. The van der Waals surface area contributed by atoms with Gasteiger partial charge in [-0.05, 0) is 54.2 Å². The van der Waals surface area contributed by atoms with Gasteiger partial charge < -0.3 is 19.4 Å². The Morgan fingerprint density at radius 3 is 2.64 bits per heavy atom. The molecule has 0 fully saturated rings. The lowest BCUT2D eigenvalue weighted by molar-refractivity contribution is 0.193. The molecule has 2 aromatic carbocycles. The molecule has 1 aliphatic rings. The van der Waals surface area contributed by atoms with Crippen molar-refractivity contribution in [3.05, 3.63) is 71.4 Å². The van der Waals surface area contributed by atoms with E-state index in [1.807, 2.05) is 61.1 Å². The van der Waals surface area contributed by atoms with Crippen LogP contribution in [0.3, 0.4) is 0 Å². The summed E-state index contributed by atoms with van der Waals surface area (Å²) in [6.45, 7) is 2.01. The van der Waals surface area contributed by atoms with Gasteiger partial charge >= 0.3 is 6.09 Å². The molecule has 5 heteroatoms. The highest BCUT2D eigenvalue weighted by molar-refractivity contribution is 5.78. The van der Waals surface area contributed by atoms with E-state index in [1.54, 1.807) is 7.11 Å². The summed E-state index contributed by atoms with van der Waals surface area (Å²) in [4.78, 5) is 12.7. The van der Waals surface area contributed by atoms with E-state index in [1.165, 1.54) is 11.1 Å². The van der Waals surface area contributed by atoms with Crippen molar-refractivity contribution < 1.29 is 14.3 Å². The summed E-state index contributed by atoms with van der Waals surface area (Å²) in [5, 5.41) is 3.02. The van der Waals surface area contributed by atoms with E-state index in [9.17, 15) is 4.79 Å². The van der Waals surface area contributed by atoms with Crippen molar-refractivity contribution in [2.75, 3.05) is 7.11 Å². The Hall–Kier alpha value is -3.21. The number of aryl methyl sites for hydroxylation is 3. The van der Waals surface area contributed by atoms with Gasteiger partial charge in [0.2, 0.25) is 5.88 Å². The largest absolute Gasteiger partial charge is 0.497 e. The van der Waals surface area contributed by atoms with Crippen LogP contribution in [0.4, 0.5) is 4.79 Å². The third kappa shape index (κ3) is 3.36. The first-order valence-corrected chi connectivity index (χ1v) is 9.43. The Balaban J connectivity index is 1.56. The molecule has 0 spiro atoms. The molecule has 1 aromatic heterocycles. The predicted molar refractivity (Wildman–Crippen MR) is 109 cm³/mol. The molecule has 0 aliphatic heterocycles. The zero-order valence-corrected chi connectivity index (χ0v) is 16.4. The topological polar surface area (TPSA) is 52.5 Å². The van der Waals surface area contributed by atoms with Crippen LogP contribution in [0.2, 0.25) is 0 Å². The number of fused-ring (bicyclic) bond motifs is 1. The van der Waals surface area contributed by atoms with Gasteiger partial charge in [-0.3, -0.25) is 0 Å². The number of hydrogen-bond donors (Lipinski definition) is 1. The van der Waals surface area contributed by atoms with Crippen molar-refractivity contribution >= 4 is 6.09 Å². The highest BCUT2D eigenvalue weighted by atomic mass is 16.6. The van der Waals surface area contributed by atoms with E-state index in [-0.39, 0.29) is 6.04 Å². The molecule has 1 aliphatic carbocycles. The van der Waals surface area contributed by atoms with E-state index in [4.69, 9.17) is 9.47 Å². The first-order valence-electron chi connectivity index (χ1n) is 9.43. The lowest BCUT2D eigenvalue weighted by Crippen LogP contribution is -2.30. The van der Waals surface area contributed by atoms with Crippen molar-refractivity contribution in [2.24, 2.45) is 7.05 Å². The monoisotopic (exact) mass is 376 g/mol. The van der Waals surface area contributed by atoms with Crippen LogP contribution >= 0.6 is 0 Å². The van der Waals surface area contributed by atoms with E-state index in [2.05, 4.69) is 17.4 Å². The van der Waals surface area contributed by atoms with Gasteiger partial charge in [-0.2, -0.15) is 0 Å². The first kappa shape index (κ1) is 18.2. The smallest absolute Gasteiger partial charge is 0.414 e. The van der Waals surface area contributed by atoms with Gasteiger partial charge in [-0.25, -0.2) is 4.79 Å². The fourth-order valence-corrected chi connectivity index (χ4v) is 3.96. The van der Waals surface area contributed by atoms with Crippen molar-refractivity contribution in [2.45, 2.75) is 25.8 Å². The van der Waals surface area contributed by atoms with E-state index < -0.39 is 6.09 Å². The Morgan fingerprint density at radius 2 is 1.89 bits per heavy atom. The van der Waals surface area contributed by atoms with Crippen LogP contribution in [0, 0.1) is 6.92 Å². The van der Waals surface area contributed by atoms with Gasteiger partial charge in [0, 0.05) is 18.8 Å². The molecule has 1 unspecified atom stereocenters. The zero-order valence-electron chi connectivity index (χ0n) is 16.4. The van der Waals surface area contributed by atoms with Crippen LogP contribution in [0.5, 0.6) is 11.6 Å². The van der Waals surface area contributed by atoms with Gasteiger partial charge in [-0.1, -0.05) is 36.4 Å². The normalized spacial score (nSPS) is 15.2. The average molecular weight is 376 g/mol. The number of carbonyl (C=O) groups excluding carboxylic acids is 1. The molecule has 0 radical (unpaired) electrons. The molecule has 1 N–H and O–H groups in total. The lowest BCUT2D eigenvalue weighted by atomic mass is 10.0. The molecule has 0 saturated heterocycles. The van der Waals surface area contributed by atoms with Gasteiger partial charge in [0.05, 0.1) is 13.2 Å². The molecule has 4 rings (SSSR count). The van der Waals surface area contributed by atoms with Gasteiger partial charge in [-0.15, -0.1) is 0 Å². The SMILES string of the molecule is COc1ccc(-c2c(C)cn(C)c2OC(=O)NC2CCc3ccccc32)cc1. The van der Waals surface area contributed by atoms with Crippen LogP contribution in [0.15, 0.2) is 54.7 Å². The molecule has 5 nitrogen and oxygen atoms in total. The van der Waals surface area contributed by atoms with Crippen LogP contribution in [-0.4, -0.2) is 17.8 Å². The number of ether oxygens (including phenoxy) is 2. The third-order valence-corrected chi connectivity index (χ3v) is 5.31. The standard InChI is InChI=1S/C23H24N2O3/c1-15-14-25(2)22(21(15)17-8-11-18(27-3)12-9-17)28-23(26)24-20-13-10-16-6-4-5-7-19(16)20/h4-9,11-12,14,20H,10,13H2,1-3H3,(H,24,26). The second-order valence-electron chi connectivity index (χ2n) is 7.16. The molecule has 1 heterocycles. The molecule has 0 saturated carbocycles. The fourth-order valence-electron chi connectivity index (χ4n) is 3.96. The van der Waals surface area contributed by atoms with Crippen LogP contribution in [0.1, 0.15) is 29.2 Å². The highest BCUT2D eigenvalue weighted by Gasteiger charge is 2.25. The quantitative estimate of drug-likeness (QED) is 0.713. The predicted octanol–water partition coefficient (Wildman–Crippen LogP) is 4.79. The van der Waals surface area contributed by atoms with Crippen molar-refractivity contribution in [1.29, 1.82) is 0 Å². The molecular formula is C23H24N2O3. The summed E-state index contributed by atoms with van der Waals surface area (Å²) in [5.41, 5.74) is 5.40. The first-order chi connectivity index (χ1) is 13.6. The fraction of sp³-hybridized carbons (Fsp3) is 0.261. The van der Waals surface area contributed by atoms with Crippen molar-refractivity contribution in [3.8, 4) is 22.8 Å². The molecule has 1 amide bonds. The van der Waals surface area contributed by atoms with Gasteiger partial charge in [0.1, 0.15) is 5.75 Å². The van der Waals surface area contributed by atoms with Crippen molar-refractivity contribution in [1.82, 2.24) is 9.88 Å². The second kappa shape index (κ2) is 7.43. The number of aromatic nitrogens is 1. The van der Waals surface area contributed by atoms with Crippen LogP contribution < -0.4 is 14.8 Å². The molecule has 144 valence electrons.